The molecule has 0 aliphatic carbocycles. The van der Waals surface area contributed by atoms with Crippen LogP contribution in [-0.2, 0) is 4.12 Å². The van der Waals surface area contributed by atoms with E-state index in [-0.39, 0.29) is 9.76 Å². The Balaban J connectivity index is 3.53. The second kappa shape index (κ2) is 3.22. The fraction of sp³-hybridized carbons (Fsp3) is 0.600. The molecule has 0 atom stereocenters. The van der Waals surface area contributed by atoms with Crippen LogP contribution in [0.1, 0.15) is 0 Å². The summed E-state index contributed by atoms with van der Waals surface area (Å²) >= 11 is 0. The summed E-state index contributed by atoms with van der Waals surface area (Å²) in [6.07, 6.45) is 0. The van der Waals surface area contributed by atoms with Gasteiger partial charge in [-0.1, -0.05) is 12.2 Å². The van der Waals surface area contributed by atoms with Crippen LogP contribution in [0.25, 0.3) is 0 Å². The van der Waals surface area contributed by atoms with Gasteiger partial charge < -0.3 is 4.12 Å². The first-order valence-electron chi connectivity index (χ1n) is 2.90. The Morgan fingerprint density at radius 3 is 2.25 bits per heavy atom. The molecule has 0 aromatic carbocycles. The topological polar surface area (TPSA) is 9.23 Å². The van der Waals surface area contributed by atoms with Crippen LogP contribution in [0.2, 0.25) is 19.6 Å². The molecule has 0 bridgehead atoms. The molecule has 3 heteroatoms. The van der Waals surface area contributed by atoms with Gasteiger partial charge in [0.1, 0.15) is 9.76 Å². The zero-order valence-corrected chi connectivity index (χ0v) is 8.31. The molecule has 0 aliphatic rings. The minimum absolute atomic E-state index is 0.211. The summed E-state index contributed by atoms with van der Waals surface area (Å²) in [6, 6.07) is 0. The zero-order valence-electron chi connectivity index (χ0n) is 5.90. The third kappa shape index (κ3) is 3.18. The van der Waals surface area contributed by atoms with Gasteiger partial charge >= 0.3 is 0 Å². The van der Waals surface area contributed by atoms with Crippen LogP contribution in [0, 0.1) is 0 Å². The molecule has 0 amide bonds. The second-order valence-corrected chi connectivity index (χ2v) is 7.59. The highest BCUT2D eigenvalue weighted by Crippen LogP contribution is 2.02. The molecule has 0 unspecified atom stereocenters. The Hall–Kier alpha value is 0.134. The molecule has 0 fully saturated rings. The van der Waals surface area contributed by atoms with Gasteiger partial charge in [-0.25, -0.2) is 0 Å². The Morgan fingerprint density at radius 1 is 1.62 bits per heavy atom. The molecule has 8 heavy (non-hydrogen) atoms. The molecule has 0 radical (unpaired) electrons. The normalized spacial score (nSPS) is 12.9. The van der Waals surface area contributed by atoms with E-state index in [0.29, 0.717) is 0 Å². The van der Waals surface area contributed by atoms with E-state index >= 15 is 0 Å². The van der Waals surface area contributed by atoms with Crippen molar-refractivity contribution in [2.75, 3.05) is 0 Å². The third-order valence-electron chi connectivity index (χ3n) is 1.01. The lowest BCUT2D eigenvalue weighted by molar-refractivity contribution is 0.610. The maximum atomic E-state index is 5.54. The van der Waals surface area contributed by atoms with Gasteiger partial charge in [-0.3, -0.25) is 0 Å². The van der Waals surface area contributed by atoms with Gasteiger partial charge in [0.2, 0.25) is 0 Å². The lowest BCUT2D eigenvalue weighted by Crippen LogP contribution is -2.28. The van der Waals surface area contributed by atoms with Crippen molar-refractivity contribution in [2.24, 2.45) is 0 Å². The lowest BCUT2D eigenvalue weighted by atomic mass is 11.3. The van der Waals surface area contributed by atoms with E-state index in [1.165, 1.54) is 0 Å². The summed E-state index contributed by atoms with van der Waals surface area (Å²) in [6.45, 7) is 10.2. The largest absolute Gasteiger partial charge is 0.458 e. The van der Waals surface area contributed by atoms with E-state index in [0.717, 1.165) is 0 Å². The smallest absolute Gasteiger partial charge is 0.197 e. The highest BCUT2D eigenvalue weighted by atomic mass is 28.4. The average molecular weight is 146 g/mol. The van der Waals surface area contributed by atoms with Crippen LogP contribution in [0.5, 0.6) is 0 Å². The van der Waals surface area contributed by atoms with E-state index in [1.54, 1.807) is 0 Å². The van der Waals surface area contributed by atoms with Gasteiger partial charge in [-0.2, -0.15) is 0 Å². The van der Waals surface area contributed by atoms with E-state index in [1.807, 2.05) is 5.70 Å². The second-order valence-electron chi connectivity index (χ2n) is 2.24. The molecule has 0 aromatic heterocycles. The van der Waals surface area contributed by atoms with Crippen molar-refractivity contribution in [3.63, 3.8) is 0 Å². The maximum Gasteiger partial charge on any atom is 0.197 e. The first kappa shape index (κ1) is 8.13. The molecule has 0 rings (SSSR count). The predicted octanol–water partition coefficient (Wildman–Crippen LogP) is 1.07. The fourth-order valence-electron chi connectivity index (χ4n) is 0.431. The van der Waals surface area contributed by atoms with E-state index in [4.69, 9.17) is 4.12 Å². The zero-order chi connectivity index (χ0) is 6.62. The minimum Gasteiger partial charge on any atom is -0.458 e. The molecular formula is C5H14OSi2. The Labute approximate surface area is 54.8 Å². The molecule has 0 N–H and O–H groups in total. The van der Waals surface area contributed by atoms with Crippen LogP contribution in [-0.4, -0.2) is 18.1 Å². The summed E-state index contributed by atoms with van der Waals surface area (Å²) in [5.74, 6) is 0. The van der Waals surface area contributed by atoms with Gasteiger partial charge in [-0.05, 0) is 13.1 Å². The summed E-state index contributed by atoms with van der Waals surface area (Å²) in [5.41, 5.74) is 1.98. The standard InChI is InChI=1S/C5H14OSi2/c1-5-8(3,4)6-7-2/h5H,1,7H2,2-4H3. The van der Waals surface area contributed by atoms with Crippen molar-refractivity contribution in [2.45, 2.75) is 19.6 Å². The molecule has 48 valence electrons. The van der Waals surface area contributed by atoms with Crippen molar-refractivity contribution >= 4 is 18.1 Å². The SMILES string of the molecule is C=C[Si](C)(C)O[SiH2]C. The number of hydrogen-bond donors (Lipinski definition) is 0. The maximum absolute atomic E-state index is 5.54. The molecule has 0 aliphatic heterocycles. The van der Waals surface area contributed by atoms with E-state index in [9.17, 15) is 0 Å². The van der Waals surface area contributed by atoms with Gasteiger partial charge in [0, 0.05) is 0 Å². The van der Waals surface area contributed by atoms with Crippen LogP contribution in [0.15, 0.2) is 12.3 Å². The molecule has 0 spiro atoms. The van der Waals surface area contributed by atoms with Gasteiger partial charge in [-0.15, -0.1) is 6.58 Å². The van der Waals surface area contributed by atoms with Gasteiger partial charge in [0.15, 0.2) is 8.32 Å². The quantitative estimate of drug-likeness (QED) is 0.541. The van der Waals surface area contributed by atoms with Gasteiger partial charge in [0.05, 0.1) is 0 Å². The lowest BCUT2D eigenvalue weighted by Gasteiger charge is -2.16. The van der Waals surface area contributed by atoms with E-state index in [2.05, 4.69) is 26.2 Å². The first-order valence-corrected chi connectivity index (χ1v) is 7.87. The molecular weight excluding hydrogens is 132 g/mol. The Morgan fingerprint density at radius 2 is 2.12 bits per heavy atom. The highest BCUT2D eigenvalue weighted by Gasteiger charge is 2.14. The van der Waals surface area contributed by atoms with Crippen LogP contribution >= 0.6 is 0 Å². The predicted molar refractivity (Wildman–Crippen MR) is 43.2 cm³/mol. The number of hydrogen-bond acceptors (Lipinski definition) is 1. The summed E-state index contributed by atoms with van der Waals surface area (Å²) in [4.78, 5) is 0. The average Bonchev–Trinajstić information content (AvgIpc) is 1.67. The summed E-state index contributed by atoms with van der Waals surface area (Å²) in [5, 5.41) is 0. The highest BCUT2D eigenvalue weighted by molar-refractivity contribution is 6.79. The van der Waals surface area contributed by atoms with Crippen molar-refractivity contribution in [3.05, 3.63) is 12.3 Å². The van der Waals surface area contributed by atoms with Gasteiger partial charge in [0.25, 0.3) is 0 Å². The minimum atomic E-state index is -1.35. The van der Waals surface area contributed by atoms with Crippen LogP contribution < -0.4 is 0 Å². The Bertz CT molecular complexity index is 80.5. The number of rotatable bonds is 3. The van der Waals surface area contributed by atoms with Crippen molar-refractivity contribution in [3.8, 4) is 0 Å². The molecule has 0 aromatic rings. The van der Waals surface area contributed by atoms with Crippen molar-refractivity contribution in [1.29, 1.82) is 0 Å². The van der Waals surface area contributed by atoms with Crippen molar-refractivity contribution < 1.29 is 4.12 Å². The van der Waals surface area contributed by atoms with Crippen LogP contribution in [0.3, 0.4) is 0 Å². The first-order chi connectivity index (χ1) is 3.62. The molecule has 0 saturated carbocycles. The molecule has 1 nitrogen and oxygen atoms in total. The van der Waals surface area contributed by atoms with Crippen molar-refractivity contribution in [1.82, 2.24) is 0 Å². The summed E-state index contributed by atoms with van der Waals surface area (Å²) < 4.78 is 5.54. The molecule has 0 heterocycles. The van der Waals surface area contributed by atoms with Crippen LogP contribution in [0.4, 0.5) is 0 Å². The van der Waals surface area contributed by atoms with E-state index < -0.39 is 8.32 Å². The fourth-order valence-corrected chi connectivity index (χ4v) is 3.88. The third-order valence-corrected chi connectivity index (χ3v) is 6.12. The monoisotopic (exact) mass is 146 g/mol. The summed E-state index contributed by atoms with van der Waals surface area (Å²) in [7, 11) is -1.56. The molecule has 0 saturated heterocycles. The Kier molecular flexibility index (Phi) is 3.27.